The van der Waals surface area contributed by atoms with Crippen LogP contribution in [0.25, 0.3) is 10.9 Å². The number of carbonyl (C=O) groups is 5. The predicted octanol–water partition coefficient (Wildman–Crippen LogP) is 7.24. The van der Waals surface area contributed by atoms with Crippen molar-refractivity contribution in [1.29, 1.82) is 0 Å². The topological polar surface area (TPSA) is 166 Å². The molecule has 5 aliphatic rings. The number of hydrogen-bond donors (Lipinski definition) is 3. The molecule has 3 N–H and O–H groups in total. The fraction of sp³-hybridized carbons (Fsp3) is 0.346. The van der Waals surface area contributed by atoms with Crippen molar-refractivity contribution in [3.63, 3.8) is 0 Å². The molecule has 5 aromatic rings. The highest BCUT2D eigenvalue weighted by Crippen LogP contribution is 2.48. The molecular weight excluding hydrogens is 868 g/mol. The number of allylic oxidation sites excluding steroid dienone is 1. The number of rotatable bonds is 12. The largest absolute Gasteiger partial charge is 0.495 e. The number of fused-ring (bicyclic) bond motifs is 2. The molecule has 1 aliphatic carbocycles. The molecule has 350 valence electrons. The van der Waals surface area contributed by atoms with E-state index in [0.29, 0.717) is 105 Å². The first-order valence-corrected chi connectivity index (χ1v) is 23.3. The summed E-state index contributed by atoms with van der Waals surface area (Å²) in [6, 6.07) is 23.5. The van der Waals surface area contributed by atoms with E-state index in [1.54, 1.807) is 48.5 Å². The van der Waals surface area contributed by atoms with Crippen molar-refractivity contribution in [2.24, 2.45) is 11.3 Å². The zero-order chi connectivity index (χ0) is 47.1. The van der Waals surface area contributed by atoms with E-state index < -0.39 is 29.1 Å². The van der Waals surface area contributed by atoms with Gasteiger partial charge in [0.1, 0.15) is 34.5 Å². The number of aromatic nitrogens is 1. The molecule has 1 atom stereocenters. The van der Waals surface area contributed by atoms with E-state index in [9.17, 15) is 28.4 Å². The van der Waals surface area contributed by atoms with Gasteiger partial charge in [0, 0.05) is 92.1 Å². The zero-order valence-corrected chi connectivity index (χ0v) is 37.9. The highest BCUT2D eigenvalue weighted by atomic mass is 19.1. The Morgan fingerprint density at radius 3 is 2.18 bits per heavy atom. The molecule has 68 heavy (non-hydrogen) atoms. The highest BCUT2D eigenvalue weighted by Gasteiger charge is 2.56. The Hall–Kier alpha value is -7.49. The molecule has 0 radical (unpaired) electrons. The number of methoxy groups -OCH3 is 1. The number of ether oxygens (including phenoxy) is 2. The smallest absolute Gasteiger partial charge is 0.255 e. The van der Waals surface area contributed by atoms with E-state index in [1.165, 1.54) is 24.3 Å². The second-order valence-corrected chi connectivity index (χ2v) is 18.4. The maximum Gasteiger partial charge on any atom is 0.255 e. The van der Waals surface area contributed by atoms with Crippen molar-refractivity contribution in [3.8, 4) is 17.2 Å². The number of halogens is 1. The molecule has 3 saturated heterocycles. The van der Waals surface area contributed by atoms with E-state index in [1.807, 2.05) is 29.2 Å². The molecule has 15 nitrogen and oxygen atoms in total. The van der Waals surface area contributed by atoms with Crippen molar-refractivity contribution in [3.05, 3.63) is 120 Å². The first-order chi connectivity index (χ1) is 32.9. The van der Waals surface area contributed by atoms with Crippen LogP contribution in [-0.4, -0.2) is 96.7 Å². The number of piperazine rings is 1. The zero-order valence-electron chi connectivity index (χ0n) is 37.9. The van der Waals surface area contributed by atoms with Crippen molar-refractivity contribution in [2.75, 3.05) is 66.8 Å². The van der Waals surface area contributed by atoms with Gasteiger partial charge in [0.2, 0.25) is 23.6 Å². The molecule has 5 amide bonds. The van der Waals surface area contributed by atoms with Crippen molar-refractivity contribution < 1.29 is 37.8 Å². The van der Waals surface area contributed by atoms with Gasteiger partial charge < -0.3 is 45.0 Å². The first-order valence-electron chi connectivity index (χ1n) is 23.3. The van der Waals surface area contributed by atoms with Gasteiger partial charge in [-0.05, 0) is 135 Å². The van der Waals surface area contributed by atoms with Crippen LogP contribution in [0.5, 0.6) is 17.2 Å². The second kappa shape index (κ2) is 18.3. The fourth-order valence-electron chi connectivity index (χ4n) is 9.89. The molecule has 10 rings (SSSR count). The van der Waals surface area contributed by atoms with Gasteiger partial charge in [0.05, 0.1) is 18.3 Å². The third-order valence-corrected chi connectivity index (χ3v) is 14.1. The number of carbonyl (C=O) groups excluding carboxylic acids is 5. The van der Waals surface area contributed by atoms with Gasteiger partial charge in [-0.15, -0.1) is 0 Å². The average Bonchev–Trinajstić information content (AvgIpc) is 4.11. The molecular formula is C52H53FN8O7. The lowest BCUT2D eigenvalue weighted by Crippen LogP contribution is -2.49. The molecule has 16 heteroatoms. The minimum atomic E-state index is -1.18. The van der Waals surface area contributed by atoms with E-state index in [4.69, 9.17) is 9.47 Å². The number of pyridine rings is 1. The average molecular weight is 921 g/mol. The summed E-state index contributed by atoms with van der Waals surface area (Å²) in [7, 11) is 1.65. The van der Waals surface area contributed by atoms with Crippen molar-refractivity contribution >= 4 is 63.2 Å². The molecule has 0 spiro atoms. The fourth-order valence-corrected chi connectivity index (χ4v) is 9.89. The van der Waals surface area contributed by atoms with Crippen LogP contribution in [0.1, 0.15) is 60.9 Å². The van der Waals surface area contributed by atoms with Crippen LogP contribution in [0.4, 0.5) is 27.1 Å². The van der Waals surface area contributed by atoms with Crippen LogP contribution >= 0.6 is 0 Å². The van der Waals surface area contributed by atoms with Crippen LogP contribution in [0.15, 0.2) is 103 Å². The first kappa shape index (κ1) is 44.4. The van der Waals surface area contributed by atoms with Gasteiger partial charge in [0.15, 0.2) is 0 Å². The third kappa shape index (κ3) is 8.89. The quantitative estimate of drug-likeness (QED) is 0.109. The van der Waals surface area contributed by atoms with Gasteiger partial charge in [-0.3, -0.25) is 29.0 Å². The third-order valence-electron chi connectivity index (χ3n) is 14.1. The lowest BCUT2D eigenvalue weighted by atomic mass is 9.92. The van der Waals surface area contributed by atoms with E-state index in [-0.39, 0.29) is 23.6 Å². The van der Waals surface area contributed by atoms with Crippen molar-refractivity contribution in [2.45, 2.75) is 57.5 Å². The van der Waals surface area contributed by atoms with E-state index in [0.717, 1.165) is 53.8 Å². The Morgan fingerprint density at radius 2 is 1.51 bits per heavy atom. The number of hydrogen-bond acceptors (Lipinski definition) is 10. The number of amides is 5. The van der Waals surface area contributed by atoms with Gasteiger partial charge in [-0.25, -0.2) is 4.39 Å². The van der Waals surface area contributed by atoms with Crippen LogP contribution in [0, 0.1) is 17.2 Å². The number of nitrogens with one attached hydrogen (secondary N) is 3. The number of anilines is 4. The second-order valence-electron chi connectivity index (χ2n) is 18.4. The molecule has 4 fully saturated rings. The van der Waals surface area contributed by atoms with Crippen LogP contribution in [0.3, 0.4) is 0 Å². The molecule has 5 heterocycles. The normalized spacial score (nSPS) is 19.1. The summed E-state index contributed by atoms with van der Waals surface area (Å²) in [5, 5.41) is 9.15. The van der Waals surface area contributed by atoms with E-state index in [2.05, 4.69) is 43.4 Å². The minimum absolute atomic E-state index is 0.111. The van der Waals surface area contributed by atoms with Crippen LogP contribution in [0.2, 0.25) is 0 Å². The standard InChI is InChI=1S/C52H53FN8O7/c1-32-3-14-43(48(63)55-32)61-31-34-28-38(10-13-40(34)49(61)64)58-23-25-60(26-24-58)47(62)27-33-16-21-59(22-17-33)44-30-42-41(29-46(44)67-2)45(15-20-54-42)68-39-11-8-37(9-12-39)57-51(66)52(18-19-52)50(65)56-36-6-4-35(53)5-7-36/h4-13,15,20,28-30,33,43H,1,3,14,16-19,21-27,31H2,2H3,(H,55,63)(H,56,65)(H,57,66)/t43-/m0/s1. The van der Waals surface area contributed by atoms with Gasteiger partial charge in [-0.1, -0.05) is 6.58 Å². The summed E-state index contributed by atoms with van der Waals surface area (Å²) in [4.78, 5) is 78.6. The molecule has 4 aliphatic heterocycles. The Morgan fingerprint density at radius 1 is 0.824 bits per heavy atom. The number of piperidine rings is 2. The molecule has 0 bridgehead atoms. The van der Waals surface area contributed by atoms with Gasteiger partial charge >= 0.3 is 0 Å². The summed E-state index contributed by atoms with van der Waals surface area (Å²) in [5.41, 5.74) is 4.71. The minimum Gasteiger partial charge on any atom is -0.495 e. The molecule has 0 unspecified atom stereocenters. The Kier molecular flexibility index (Phi) is 11.9. The maximum absolute atomic E-state index is 13.6. The van der Waals surface area contributed by atoms with Gasteiger partial charge in [0.25, 0.3) is 5.91 Å². The lowest BCUT2D eigenvalue weighted by Gasteiger charge is -2.38. The predicted molar refractivity (Wildman–Crippen MR) is 255 cm³/mol. The summed E-state index contributed by atoms with van der Waals surface area (Å²) >= 11 is 0. The monoisotopic (exact) mass is 920 g/mol. The van der Waals surface area contributed by atoms with Crippen molar-refractivity contribution in [1.82, 2.24) is 20.1 Å². The number of nitrogens with zero attached hydrogens (tertiary/aromatic N) is 5. The summed E-state index contributed by atoms with van der Waals surface area (Å²) in [5.74, 6) is 0.737. The lowest BCUT2D eigenvalue weighted by molar-refractivity contribution is -0.133. The SMILES string of the molecule is C=C1CC[C@H](N2Cc3cc(N4CCN(C(=O)CC5CCN(c6cc7nccc(Oc8ccc(NC(=O)C9(C(=O)Nc%10ccc(F)cc%10)CC9)cc8)c7cc6OC)CC5)CC4)ccc3C2=O)C(=O)N1. The number of benzene rings is 4. The van der Waals surface area contributed by atoms with E-state index >= 15 is 0 Å². The summed E-state index contributed by atoms with van der Waals surface area (Å²) in [6.45, 7) is 8.47. The Labute approximate surface area is 393 Å². The maximum atomic E-state index is 13.6. The summed E-state index contributed by atoms with van der Waals surface area (Å²) in [6.07, 6.45) is 6.01. The van der Waals surface area contributed by atoms with Crippen LogP contribution < -0.4 is 35.2 Å². The molecule has 4 aromatic carbocycles. The summed E-state index contributed by atoms with van der Waals surface area (Å²) < 4.78 is 25.6. The Balaban J connectivity index is 0.705. The molecule has 1 aromatic heterocycles. The molecule has 1 saturated carbocycles. The van der Waals surface area contributed by atoms with Crippen LogP contribution in [-0.2, 0) is 25.7 Å². The van der Waals surface area contributed by atoms with Gasteiger partial charge in [-0.2, -0.15) is 0 Å². The Bertz CT molecular complexity index is 2820. The highest BCUT2D eigenvalue weighted by molar-refractivity contribution is 6.17.